The maximum absolute atomic E-state index is 13.6. The van der Waals surface area contributed by atoms with E-state index in [4.69, 9.17) is 16.3 Å². The monoisotopic (exact) mass is 653 g/mol. The Kier molecular flexibility index (Phi) is 10.3. The molecule has 2 N–H and O–H groups in total. The zero-order chi connectivity index (χ0) is 32.9. The number of hydrogen-bond donors (Lipinski definition) is 2. The minimum absolute atomic E-state index is 0.0976. The molecule has 0 spiro atoms. The van der Waals surface area contributed by atoms with Crippen molar-refractivity contribution < 1.29 is 19.4 Å². The summed E-state index contributed by atoms with van der Waals surface area (Å²) in [4.78, 5) is 30.5. The highest BCUT2D eigenvalue weighted by Crippen LogP contribution is 2.35. The second-order valence-electron chi connectivity index (χ2n) is 13.2. The maximum Gasteiger partial charge on any atom is 0.287 e. The summed E-state index contributed by atoms with van der Waals surface area (Å²) in [7, 11) is 0. The average Bonchev–Trinajstić information content (AvgIpc) is 3.07. The van der Waals surface area contributed by atoms with E-state index in [0.29, 0.717) is 41.6 Å². The lowest BCUT2D eigenvalue weighted by atomic mass is 9.96. The van der Waals surface area contributed by atoms with Gasteiger partial charge in [-0.25, -0.2) is 0 Å². The van der Waals surface area contributed by atoms with Crippen molar-refractivity contribution in [1.29, 1.82) is 0 Å². The van der Waals surface area contributed by atoms with Gasteiger partial charge in [0.05, 0.1) is 6.04 Å². The molecule has 246 valence electrons. The molecule has 1 unspecified atom stereocenters. The number of nitrogens with one attached hydrogen (secondary N) is 1. The first kappa shape index (κ1) is 32.9. The van der Waals surface area contributed by atoms with E-state index in [2.05, 4.69) is 54.4 Å². The summed E-state index contributed by atoms with van der Waals surface area (Å²) in [6.45, 7) is 7.39. The minimum atomic E-state index is -0.925. The molecule has 2 fully saturated rings. The number of likely N-dealkylation sites (tertiary alicyclic amines) is 1. The van der Waals surface area contributed by atoms with E-state index in [0.717, 1.165) is 56.4 Å². The van der Waals surface area contributed by atoms with Crippen LogP contribution in [0.15, 0.2) is 90.2 Å². The first-order valence-electron chi connectivity index (χ1n) is 16.8. The number of aliphatic hydroxyl groups is 1. The van der Waals surface area contributed by atoms with Gasteiger partial charge in [-0.2, -0.15) is 0 Å². The van der Waals surface area contributed by atoms with Gasteiger partial charge in [0, 0.05) is 48.9 Å². The van der Waals surface area contributed by atoms with Crippen LogP contribution in [0.2, 0.25) is 5.02 Å². The number of para-hydroxylation sites is 1. The first-order valence-corrected chi connectivity index (χ1v) is 17.2. The Hall–Kier alpha value is -4.07. The molecule has 47 heavy (non-hydrogen) atoms. The van der Waals surface area contributed by atoms with Crippen molar-refractivity contribution in [3.05, 3.63) is 117 Å². The number of halogens is 1. The molecule has 0 aromatic heterocycles. The van der Waals surface area contributed by atoms with Crippen molar-refractivity contribution in [3.8, 4) is 5.75 Å². The fourth-order valence-electron chi connectivity index (χ4n) is 6.70. The molecule has 7 nitrogen and oxygen atoms in total. The Morgan fingerprint density at radius 1 is 1.02 bits per heavy atom. The number of nitrogens with zero attached hydrogens (tertiary/aromatic N) is 2. The van der Waals surface area contributed by atoms with Crippen LogP contribution in [0.1, 0.15) is 80.2 Å². The van der Waals surface area contributed by atoms with Crippen molar-refractivity contribution >= 4 is 29.1 Å². The van der Waals surface area contributed by atoms with Crippen molar-refractivity contribution in [1.82, 2.24) is 10.2 Å². The van der Waals surface area contributed by atoms with E-state index in [1.165, 1.54) is 22.9 Å². The summed E-state index contributed by atoms with van der Waals surface area (Å²) in [6.07, 6.45) is 7.77. The Labute approximate surface area is 282 Å². The number of piperidine rings is 2. The molecule has 2 saturated heterocycles. The Morgan fingerprint density at radius 3 is 2.53 bits per heavy atom. The van der Waals surface area contributed by atoms with Crippen LogP contribution in [0.25, 0.3) is 0 Å². The van der Waals surface area contributed by atoms with E-state index < -0.39 is 6.10 Å². The topological polar surface area (TPSA) is 82.1 Å². The third-order valence-electron chi connectivity index (χ3n) is 9.41. The van der Waals surface area contributed by atoms with Gasteiger partial charge in [0.25, 0.3) is 5.91 Å². The van der Waals surface area contributed by atoms with Gasteiger partial charge in [0.15, 0.2) is 5.76 Å². The van der Waals surface area contributed by atoms with Gasteiger partial charge in [-0.05, 0) is 91.1 Å². The van der Waals surface area contributed by atoms with Crippen molar-refractivity contribution in [2.45, 2.75) is 77.0 Å². The van der Waals surface area contributed by atoms with Gasteiger partial charge in [0.2, 0.25) is 5.91 Å². The number of anilines is 1. The zero-order valence-electron chi connectivity index (χ0n) is 27.3. The third-order valence-corrected chi connectivity index (χ3v) is 9.67. The molecule has 8 heteroatoms. The van der Waals surface area contributed by atoms with Crippen LogP contribution in [0, 0.1) is 0 Å². The molecule has 0 aliphatic carbocycles. The van der Waals surface area contributed by atoms with E-state index in [-0.39, 0.29) is 23.6 Å². The van der Waals surface area contributed by atoms with Crippen LogP contribution >= 0.6 is 11.6 Å². The molecule has 0 radical (unpaired) electrons. The van der Waals surface area contributed by atoms with Crippen LogP contribution in [0.3, 0.4) is 0 Å². The summed E-state index contributed by atoms with van der Waals surface area (Å²) < 4.78 is 6.01. The highest BCUT2D eigenvalue weighted by Gasteiger charge is 2.27. The molecule has 2 atom stereocenters. The highest BCUT2D eigenvalue weighted by atomic mass is 35.5. The standard InChI is InChI=1S/C39H44ClN3O4/c1-26(2)29-12-15-36-33(23-29)35(44)24-37(47-36)39(46)41-32(21-27-10-13-31(40)14-11-27)22-28-16-19-42(20-17-28)34-8-4-3-7-30(34)25-43-18-6-5-9-38(43)45/h3-4,7-8,10-15,22-24,26,32,35,44H,5-6,9,16-21,25H2,1-2H3,(H,41,46)/t32-,35?/m1/s1. The minimum Gasteiger partial charge on any atom is -0.451 e. The number of carbonyl (C=O) groups is 2. The van der Waals surface area contributed by atoms with Crippen LogP contribution in [0.5, 0.6) is 5.75 Å². The molecular weight excluding hydrogens is 610 g/mol. The fourth-order valence-corrected chi connectivity index (χ4v) is 6.82. The summed E-state index contributed by atoms with van der Waals surface area (Å²) in [6, 6.07) is 21.6. The van der Waals surface area contributed by atoms with Crippen molar-refractivity contribution in [3.63, 3.8) is 0 Å². The predicted molar refractivity (Wildman–Crippen MR) is 187 cm³/mol. The Bertz CT molecular complexity index is 1650. The van der Waals surface area contributed by atoms with E-state index in [9.17, 15) is 14.7 Å². The summed E-state index contributed by atoms with van der Waals surface area (Å²) >= 11 is 6.16. The SMILES string of the molecule is CC(C)c1ccc2c(c1)C(O)C=C(C(=O)N[C@@H](C=C1CCN(c3ccccc3CN3CCCCC3=O)CC1)Cc1ccc(Cl)cc1)O2. The maximum atomic E-state index is 13.6. The van der Waals surface area contributed by atoms with E-state index in [1.807, 2.05) is 47.4 Å². The Balaban J connectivity index is 1.15. The summed E-state index contributed by atoms with van der Waals surface area (Å²) in [5.41, 5.74) is 6.50. The zero-order valence-corrected chi connectivity index (χ0v) is 28.0. The van der Waals surface area contributed by atoms with Gasteiger partial charge in [-0.3, -0.25) is 9.59 Å². The van der Waals surface area contributed by atoms with Crippen LogP contribution in [0.4, 0.5) is 5.69 Å². The number of fused-ring (bicyclic) bond motifs is 1. The largest absolute Gasteiger partial charge is 0.451 e. The molecule has 6 rings (SSSR count). The predicted octanol–water partition coefficient (Wildman–Crippen LogP) is 7.24. The molecule has 3 aliphatic rings. The van der Waals surface area contributed by atoms with Gasteiger partial charge in [-0.15, -0.1) is 0 Å². The molecule has 2 amide bonds. The van der Waals surface area contributed by atoms with Gasteiger partial charge in [-0.1, -0.05) is 73.5 Å². The number of ether oxygens (including phenoxy) is 1. The van der Waals surface area contributed by atoms with Gasteiger partial charge >= 0.3 is 0 Å². The number of amides is 2. The number of hydrogen-bond acceptors (Lipinski definition) is 5. The molecule has 3 aliphatic heterocycles. The van der Waals surface area contributed by atoms with Crippen LogP contribution in [-0.4, -0.2) is 47.5 Å². The lowest BCUT2D eigenvalue weighted by Gasteiger charge is -2.34. The molecule has 0 bridgehead atoms. The van der Waals surface area contributed by atoms with E-state index in [1.54, 1.807) is 0 Å². The second-order valence-corrected chi connectivity index (χ2v) is 13.6. The van der Waals surface area contributed by atoms with Gasteiger partial charge in [0.1, 0.15) is 11.9 Å². The number of rotatable bonds is 9. The van der Waals surface area contributed by atoms with Crippen molar-refractivity contribution in [2.24, 2.45) is 0 Å². The average molecular weight is 654 g/mol. The molecule has 3 heterocycles. The molecular formula is C39H44ClN3O4. The molecule has 0 saturated carbocycles. The fraction of sp³-hybridized carbons (Fsp3) is 0.385. The lowest BCUT2D eigenvalue weighted by molar-refractivity contribution is -0.133. The second kappa shape index (κ2) is 14.8. The number of aliphatic hydroxyl groups excluding tert-OH is 1. The first-order chi connectivity index (χ1) is 22.7. The van der Waals surface area contributed by atoms with Gasteiger partial charge < -0.3 is 25.0 Å². The number of carbonyl (C=O) groups excluding carboxylic acids is 2. The van der Waals surface area contributed by atoms with Crippen LogP contribution in [-0.2, 0) is 22.6 Å². The lowest BCUT2D eigenvalue weighted by Crippen LogP contribution is -2.39. The summed E-state index contributed by atoms with van der Waals surface area (Å²) in [5, 5.41) is 14.7. The highest BCUT2D eigenvalue weighted by molar-refractivity contribution is 6.30. The smallest absolute Gasteiger partial charge is 0.287 e. The molecule has 3 aromatic carbocycles. The third kappa shape index (κ3) is 8.09. The van der Waals surface area contributed by atoms with Crippen molar-refractivity contribution in [2.75, 3.05) is 24.5 Å². The number of benzene rings is 3. The normalized spacial score (nSPS) is 18.7. The van der Waals surface area contributed by atoms with Crippen LogP contribution < -0.4 is 15.0 Å². The quantitative estimate of drug-likeness (QED) is 0.238. The molecule has 3 aromatic rings. The van der Waals surface area contributed by atoms with E-state index >= 15 is 0 Å². The Morgan fingerprint density at radius 2 is 1.79 bits per heavy atom. The summed E-state index contributed by atoms with van der Waals surface area (Å²) in [5.74, 6) is 0.795.